The molecule has 1 atom stereocenters. The van der Waals surface area contributed by atoms with E-state index < -0.39 is 5.91 Å². The van der Waals surface area contributed by atoms with Crippen LogP contribution >= 0.6 is 11.6 Å². The highest BCUT2D eigenvalue weighted by atomic mass is 35.5. The number of anilines is 2. The van der Waals surface area contributed by atoms with Crippen molar-refractivity contribution in [3.05, 3.63) is 71.0 Å². The summed E-state index contributed by atoms with van der Waals surface area (Å²) in [5.74, 6) is 0.208. The van der Waals surface area contributed by atoms with E-state index in [4.69, 9.17) is 11.6 Å². The third-order valence-electron chi connectivity index (χ3n) is 4.38. The van der Waals surface area contributed by atoms with Gasteiger partial charge in [0.1, 0.15) is 5.70 Å². The Balaban J connectivity index is 2.06. The first-order valence-electron chi connectivity index (χ1n) is 9.68. The first-order valence-corrected chi connectivity index (χ1v) is 10.1. The van der Waals surface area contributed by atoms with Gasteiger partial charge in [0.15, 0.2) is 5.82 Å². The molecular formula is C23H28ClN5O. The van der Waals surface area contributed by atoms with Gasteiger partial charge in [-0.2, -0.15) is 5.10 Å². The Kier molecular flexibility index (Phi) is 7.89. The Labute approximate surface area is 183 Å². The molecule has 7 heteroatoms. The molecule has 0 aliphatic rings. The number of amides is 1. The van der Waals surface area contributed by atoms with Crippen LogP contribution in [0.1, 0.15) is 51.9 Å². The second-order valence-corrected chi connectivity index (χ2v) is 8.19. The molecule has 1 aromatic heterocycles. The third kappa shape index (κ3) is 6.26. The van der Waals surface area contributed by atoms with Gasteiger partial charge in [0.25, 0.3) is 5.91 Å². The molecule has 0 fully saturated rings. The van der Waals surface area contributed by atoms with Gasteiger partial charge in [-0.3, -0.25) is 9.79 Å². The Hall–Kier alpha value is -2.99. The standard InChI is InChI=1S/C23H28ClN5O/c1-7-18(24)21(25-8-2)22(30)26-15(3)19-13-14-20(29-28-19)27-17-11-9-16(10-12-17)23(4,5)6/h7-15H,1H2,2-6H3,(H,26,30)(H,27,29)/b21-18+,25-8?. The zero-order chi connectivity index (χ0) is 22.3. The molecule has 0 spiro atoms. The van der Waals surface area contributed by atoms with E-state index in [0.717, 1.165) is 5.69 Å². The molecule has 0 aliphatic carbocycles. The fourth-order valence-electron chi connectivity index (χ4n) is 2.64. The zero-order valence-corrected chi connectivity index (χ0v) is 18.8. The number of nitrogens with zero attached hydrogens (tertiary/aromatic N) is 3. The number of rotatable bonds is 7. The van der Waals surface area contributed by atoms with E-state index in [1.165, 1.54) is 17.9 Å². The van der Waals surface area contributed by atoms with Gasteiger partial charge in [-0.05, 0) is 55.2 Å². The van der Waals surface area contributed by atoms with Gasteiger partial charge >= 0.3 is 0 Å². The maximum Gasteiger partial charge on any atom is 0.271 e. The molecule has 0 radical (unpaired) electrons. The summed E-state index contributed by atoms with van der Waals surface area (Å²) in [7, 11) is 0. The van der Waals surface area contributed by atoms with Crippen LogP contribution in [0.2, 0.25) is 0 Å². The van der Waals surface area contributed by atoms with Crippen LogP contribution in [-0.2, 0) is 10.2 Å². The predicted molar refractivity (Wildman–Crippen MR) is 124 cm³/mol. The molecule has 0 bridgehead atoms. The van der Waals surface area contributed by atoms with Gasteiger partial charge in [0.05, 0.1) is 16.8 Å². The van der Waals surface area contributed by atoms with Crippen molar-refractivity contribution in [2.75, 3.05) is 5.32 Å². The Bertz CT molecular complexity index is 941. The van der Waals surface area contributed by atoms with Crippen LogP contribution in [0.3, 0.4) is 0 Å². The Morgan fingerprint density at radius 2 is 1.83 bits per heavy atom. The predicted octanol–water partition coefficient (Wildman–Crippen LogP) is 5.42. The largest absolute Gasteiger partial charge is 0.342 e. The minimum absolute atomic E-state index is 0.103. The second kappa shape index (κ2) is 10.2. The van der Waals surface area contributed by atoms with Gasteiger partial charge in [-0.1, -0.05) is 51.1 Å². The fraction of sp³-hybridized carbons (Fsp3) is 0.304. The Morgan fingerprint density at radius 3 is 2.33 bits per heavy atom. The second-order valence-electron chi connectivity index (χ2n) is 7.78. The molecule has 0 saturated heterocycles. The number of hydrogen-bond donors (Lipinski definition) is 2. The average molecular weight is 426 g/mol. The van der Waals surface area contributed by atoms with Crippen molar-refractivity contribution in [3.63, 3.8) is 0 Å². The monoisotopic (exact) mass is 425 g/mol. The van der Waals surface area contributed by atoms with E-state index in [-0.39, 0.29) is 22.2 Å². The van der Waals surface area contributed by atoms with Gasteiger partial charge in [0.2, 0.25) is 0 Å². The molecule has 1 unspecified atom stereocenters. The molecule has 2 N–H and O–H groups in total. The van der Waals surface area contributed by atoms with Crippen LogP contribution in [0.5, 0.6) is 0 Å². The number of carbonyl (C=O) groups is 1. The highest BCUT2D eigenvalue weighted by Crippen LogP contribution is 2.24. The lowest BCUT2D eigenvalue weighted by Gasteiger charge is -2.19. The number of hydrogen-bond acceptors (Lipinski definition) is 5. The van der Waals surface area contributed by atoms with E-state index in [1.807, 2.05) is 31.2 Å². The van der Waals surface area contributed by atoms with Crippen LogP contribution in [-0.4, -0.2) is 22.3 Å². The average Bonchev–Trinajstić information content (AvgIpc) is 2.71. The molecule has 158 valence electrons. The molecule has 1 heterocycles. The van der Waals surface area contributed by atoms with Crippen molar-refractivity contribution >= 4 is 35.2 Å². The van der Waals surface area contributed by atoms with E-state index in [9.17, 15) is 4.79 Å². The minimum atomic E-state index is -0.409. The summed E-state index contributed by atoms with van der Waals surface area (Å²) < 4.78 is 0. The smallest absolute Gasteiger partial charge is 0.271 e. The summed E-state index contributed by atoms with van der Waals surface area (Å²) >= 11 is 6.02. The third-order valence-corrected chi connectivity index (χ3v) is 4.71. The highest BCUT2D eigenvalue weighted by molar-refractivity contribution is 6.33. The summed E-state index contributed by atoms with van der Waals surface area (Å²) in [6.07, 6.45) is 2.88. The highest BCUT2D eigenvalue weighted by Gasteiger charge is 2.17. The van der Waals surface area contributed by atoms with Crippen molar-refractivity contribution in [3.8, 4) is 0 Å². The summed E-state index contributed by atoms with van der Waals surface area (Å²) in [5.41, 5.74) is 3.01. The molecule has 1 amide bonds. The molecule has 2 rings (SSSR count). The van der Waals surface area contributed by atoms with Crippen molar-refractivity contribution in [2.24, 2.45) is 4.99 Å². The maximum absolute atomic E-state index is 12.4. The van der Waals surface area contributed by atoms with Gasteiger partial charge in [-0.25, -0.2) is 0 Å². The summed E-state index contributed by atoms with van der Waals surface area (Å²) in [5, 5.41) is 14.7. The number of nitrogens with one attached hydrogen (secondary N) is 2. The molecule has 0 aliphatic heterocycles. The van der Waals surface area contributed by atoms with E-state index in [1.54, 1.807) is 6.92 Å². The van der Waals surface area contributed by atoms with Crippen LogP contribution in [0.25, 0.3) is 0 Å². The number of allylic oxidation sites excluding steroid dienone is 2. The van der Waals surface area contributed by atoms with Crippen molar-refractivity contribution < 1.29 is 4.79 Å². The van der Waals surface area contributed by atoms with Crippen molar-refractivity contribution in [1.29, 1.82) is 0 Å². The number of carbonyl (C=O) groups excluding carboxylic acids is 1. The normalized spacial score (nSPS) is 13.5. The van der Waals surface area contributed by atoms with Crippen molar-refractivity contribution in [1.82, 2.24) is 15.5 Å². The summed E-state index contributed by atoms with van der Waals surface area (Å²) in [6.45, 7) is 13.6. The van der Waals surface area contributed by atoms with E-state index in [0.29, 0.717) is 11.5 Å². The van der Waals surface area contributed by atoms with Crippen molar-refractivity contribution in [2.45, 2.75) is 46.1 Å². The van der Waals surface area contributed by atoms with Gasteiger partial charge in [-0.15, -0.1) is 5.10 Å². The fourth-order valence-corrected chi connectivity index (χ4v) is 2.77. The lowest BCUT2D eigenvalue weighted by Crippen LogP contribution is -2.28. The number of aliphatic imine (C=N–C) groups is 1. The number of aromatic nitrogens is 2. The van der Waals surface area contributed by atoms with Crippen LogP contribution in [0.15, 0.2) is 64.8 Å². The zero-order valence-electron chi connectivity index (χ0n) is 18.0. The number of halogens is 1. The number of benzene rings is 1. The topological polar surface area (TPSA) is 79.3 Å². The molecule has 1 aromatic carbocycles. The van der Waals surface area contributed by atoms with Crippen LogP contribution < -0.4 is 10.6 Å². The molecule has 2 aromatic rings. The Morgan fingerprint density at radius 1 is 1.17 bits per heavy atom. The quantitative estimate of drug-likeness (QED) is 0.352. The van der Waals surface area contributed by atoms with Crippen LogP contribution in [0, 0.1) is 0 Å². The van der Waals surface area contributed by atoms with Crippen LogP contribution in [0.4, 0.5) is 11.5 Å². The van der Waals surface area contributed by atoms with E-state index in [2.05, 4.69) is 65.3 Å². The lowest BCUT2D eigenvalue weighted by molar-refractivity contribution is -0.118. The summed E-state index contributed by atoms with van der Waals surface area (Å²) in [6, 6.07) is 11.5. The first-order chi connectivity index (χ1) is 14.2. The van der Waals surface area contributed by atoms with Gasteiger partial charge < -0.3 is 10.6 Å². The molecular weight excluding hydrogens is 398 g/mol. The lowest BCUT2D eigenvalue weighted by atomic mass is 9.87. The summed E-state index contributed by atoms with van der Waals surface area (Å²) in [4.78, 5) is 16.5. The molecule has 6 nitrogen and oxygen atoms in total. The first kappa shape index (κ1) is 23.3. The van der Waals surface area contributed by atoms with Gasteiger partial charge in [0, 0.05) is 11.9 Å². The SMILES string of the molecule is C=C/C(Cl)=C(\N=CC)C(=O)NC(C)c1ccc(Nc2ccc(C(C)(C)C)cc2)nn1. The molecule has 0 saturated carbocycles. The molecule has 30 heavy (non-hydrogen) atoms. The minimum Gasteiger partial charge on any atom is -0.342 e. The van der Waals surface area contributed by atoms with E-state index >= 15 is 0 Å². The maximum atomic E-state index is 12.4.